The number of rotatable bonds is 5. The van der Waals surface area contributed by atoms with Gasteiger partial charge in [0.25, 0.3) is 0 Å². The lowest BCUT2D eigenvalue weighted by Crippen LogP contribution is -2.28. The van der Waals surface area contributed by atoms with Crippen LogP contribution < -0.4 is 10.6 Å². The van der Waals surface area contributed by atoms with Gasteiger partial charge in [-0.25, -0.2) is 0 Å². The Hall–Kier alpha value is -1.75. The van der Waals surface area contributed by atoms with Crippen LogP contribution in [0.15, 0.2) is 22.8 Å². The molecule has 0 radical (unpaired) electrons. The third-order valence-electron chi connectivity index (χ3n) is 3.68. The van der Waals surface area contributed by atoms with Gasteiger partial charge >= 0.3 is 0 Å². The molecule has 0 bridgehead atoms. The standard InChI is InChI=1S/C14H20N4O/c1-10-13(8-15)14(17(2)16-10)18(11-5-6-11)9-12-4-3-7-19-12/h3-4,7,11H,5-6,8-9,15H2,1-2H3. The molecular formula is C14H20N4O. The minimum Gasteiger partial charge on any atom is -0.467 e. The molecule has 1 aliphatic carbocycles. The normalized spacial score (nSPS) is 14.9. The number of hydrogen-bond donors (Lipinski definition) is 1. The summed E-state index contributed by atoms with van der Waals surface area (Å²) in [5, 5.41) is 4.51. The highest BCUT2D eigenvalue weighted by atomic mass is 16.3. The molecule has 3 rings (SSSR count). The maximum absolute atomic E-state index is 5.89. The summed E-state index contributed by atoms with van der Waals surface area (Å²) in [5.74, 6) is 2.12. The van der Waals surface area contributed by atoms with Crippen LogP contribution in [0.1, 0.15) is 29.9 Å². The average molecular weight is 260 g/mol. The molecule has 0 amide bonds. The predicted molar refractivity (Wildman–Crippen MR) is 73.7 cm³/mol. The van der Waals surface area contributed by atoms with Crippen molar-refractivity contribution < 1.29 is 4.42 Å². The van der Waals surface area contributed by atoms with Crippen molar-refractivity contribution in [3.05, 3.63) is 35.4 Å². The molecule has 1 fully saturated rings. The molecule has 0 spiro atoms. The summed E-state index contributed by atoms with van der Waals surface area (Å²) in [6, 6.07) is 4.53. The van der Waals surface area contributed by atoms with E-state index in [2.05, 4.69) is 10.00 Å². The molecule has 2 aromatic heterocycles. The zero-order valence-corrected chi connectivity index (χ0v) is 11.5. The van der Waals surface area contributed by atoms with Gasteiger partial charge in [0.15, 0.2) is 0 Å². The van der Waals surface area contributed by atoms with Crippen molar-refractivity contribution >= 4 is 5.82 Å². The largest absolute Gasteiger partial charge is 0.467 e. The molecule has 5 nitrogen and oxygen atoms in total. The molecule has 0 saturated heterocycles. The second-order valence-corrected chi connectivity index (χ2v) is 5.15. The van der Waals surface area contributed by atoms with E-state index in [-0.39, 0.29) is 0 Å². The van der Waals surface area contributed by atoms with Gasteiger partial charge in [0.1, 0.15) is 11.6 Å². The Morgan fingerprint density at radius 2 is 2.32 bits per heavy atom. The SMILES string of the molecule is Cc1nn(C)c(N(Cc2ccco2)C2CC2)c1CN. The van der Waals surface area contributed by atoms with Crippen LogP contribution in [0.4, 0.5) is 5.82 Å². The second kappa shape index (κ2) is 4.74. The van der Waals surface area contributed by atoms with Crippen molar-refractivity contribution in [3.63, 3.8) is 0 Å². The van der Waals surface area contributed by atoms with Crippen molar-refractivity contribution in [1.29, 1.82) is 0 Å². The number of nitrogens with zero attached hydrogens (tertiary/aromatic N) is 3. The molecule has 0 unspecified atom stereocenters. The van der Waals surface area contributed by atoms with Crippen molar-refractivity contribution in [2.75, 3.05) is 4.90 Å². The summed E-state index contributed by atoms with van der Waals surface area (Å²) in [6.07, 6.45) is 4.18. The lowest BCUT2D eigenvalue weighted by Gasteiger charge is -2.24. The fourth-order valence-corrected chi connectivity index (χ4v) is 2.62. The van der Waals surface area contributed by atoms with Crippen molar-refractivity contribution in [3.8, 4) is 0 Å². The molecule has 2 heterocycles. The Morgan fingerprint density at radius 3 is 2.89 bits per heavy atom. The van der Waals surface area contributed by atoms with Crippen molar-refractivity contribution in [2.45, 2.75) is 38.9 Å². The van der Waals surface area contributed by atoms with Crippen LogP contribution in [0, 0.1) is 6.92 Å². The monoisotopic (exact) mass is 260 g/mol. The number of hydrogen-bond acceptors (Lipinski definition) is 4. The minimum atomic E-state index is 0.524. The Kier molecular flexibility index (Phi) is 3.06. The Morgan fingerprint density at radius 1 is 1.53 bits per heavy atom. The van der Waals surface area contributed by atoms with Crippen LogP contribution in [0.5, 0.6) is 0 Å². The molecule has 5 heteroatoms. The van der Waals surface area contributed by atoms with Crippen LogP contribution in [0.25, 0.3) is 0 Å². The summed E-state index contributed by atoms with van der Waals surface area (Å²) in [5.41, 5.74) is 8.05. The van der Waals surface area contributed by atoms with Crippen molar-refractivity contribution in [2.24, 2.45) is 12.8 Å². The third kappa shape index (κ3) is 2.26. The zero-order chi connectivity index (χ0) is 13.4. The van der Waals surface area contributed by atoms with Gasteiger partial charge in [0.05, 0.1) is 18.5 Å². The summed E-state index contributed by atoms with van der Waals surface area (Å²) < 4.78 is 7.42. The summed E-state index contributed by atoms with van der Waals surface area (Å²) >= 11 is 0. The first-order chi connectivity index (χ1) is 9.20. The maximum atomic E-state index is 5.89. The fourth-order valence-electron chi connectivity index (χ4n) is 2.62. The van der Waals surface area contributed by atoms with Gasteiger partial charge in [0.2, 0.25) is 0 Å². The van der Waals surface area contributed by atoms with Gasteiger partial charge in [0, 0.05) is 25.2 Å². The predicted octanol–water partition coefficient (Wildman–Crippen LogP) is 1.95. The second-order valence-electron chi connectivity index (χ2n) is 5.15. The first kappa shape index (κ1) is 12.3. The number of aromatic nitrogens is 2. The number of aryl methyl sites for hydroxylation is 2. The maximum Gasteiger partial charge on any atom is 0.131 e. The molecule has 19 heavy (non-hydrogen) atoms. The highest BCUT2D eigenvalue weighted by Gasteiger charge is 2.33. The van der Waals surface area contributed by atoms with Gasteiger partial charge in [-0.2, -0.15) is 5.10 Å². The molecule has 0 aromatic carbocycles. The molecule has 0 atom stereocenters. The summed E-state index contributed by atoms with van der Waals surface area (Å²) in [7, 11) is 1.99. The summed E-state index contributed by atoms with van der Waals surface area (Å²) in [6.45, 7) is 3.32. The third-order valence-corrected chi connectivity index (χ3v) is 3.68. The van der Waals surface area contributed by atoms with E-state index < -0.39 is 0 Å². The molecule has 1 saturated carbocycles. The van der Waals surface area contributed by atoms with Crippen LogP contribution >= 0.6 is 0 Å². The van der Waals surface area contributed by atoms with E-state index >= 15 is 0 Å². The van der Waals surface area contributed by atoms with Crippen LogP contribution in [-0.4, -0.2) is 15.8 Å². The Bertz CT molecular complexity index is 554. The summed E-state index contributed by atoms with van der Waals surface area (Å²) in [4.78, 5) is 2.38. The Balaban J connectivity index is 1.96. The number of anilines is 1. The lowest BCUT2D eigenvalue weighted by atomic mass is 10.2. The first-order valence-electron chi connectivity index (χ1n) is 6.72. The molecule has 2 aromatic rings. The Labute approximate surface area is 113 Å². The van der Waals surface area contributed by atoms with E-state index in [9.17, 15) is 0 Å². The van der Waals surface area contributed by atoms with E-state index in [0.29, 0.717) is 12.6 Å². The first-order valence-corrected chi connectivity index (χ1v) is 6.72. The number of furan rings is 1. The van der Waals surface area contributed by atoms with Gasteiger partial charge < -0.3 is 15.1 Å². The van der Waals surface area contributed by atoms with Gasteiger partial charge in [-0.05, 0) is 31.9 Å². The quantitative estimate of drug-likeness (QED) is 0.892. The highest BCUT2D eigenvalue weighted by molar-refractivity contribution is 5.52. The van der Waals surface area contributed by atoms with E-state index in [1.54, 1.807) is 6.26 Å². The smallest absolute Gasteiger partial charge is 0.131 e. The lowest BCUT2D eigenvalue weighted by molar-refractivity contribution is 0.497. The van der Waals surface area contributed by atoms with Gasteiger partial charge in [-0.1, -0.05) is 0 Å². The fraction of sp³-hybridized carbons (Fsp3) is 0.500. The zero-order valence-electron chi connectivity index (χ0n) is 11.5. The molecule has 1 aliphatic rings. The van der Waals surface area contributed by atoms with Crippen molar-refractivity contribution in [1.82, 2.24) is 9.78 Å². The van der Waals surface area contributed by atoms with E-state index in [4.69, 9.17) is 10.2 Å². The van der Waals surface area contributed by atoms with E-state index in [1.807, 2.05) is 30.8 Å². The van der Waals surface area contributed by atoms with Crippen LogP contribution in [0.3, 0.4) is 0 Å². The molecular weight excluding hydrogens is 240 g/mol. The van der Waals surface area contributed by atoms with Gasteiger partial charge in [-0.3, -0.25) is 4.68 Å². The minimum absolute atomic E-state index is 0.524. The topological polar surface area (TPSA) is 60.2 Å². The van der Waals surface area contributed by atoms with E-state index in [1.165, 1.54) is 12.8 Å². The highest BCUT2D eigenvalue weighted by Crippen LogP contribution is 2.35. The molecule has 2 N–H and O–H groups in total. The molecule has 0 aliphatic heterocycles. The van der Waals surface area contributed by atoms with E-state index in [0.717, 1.165) is 29.4 Å². The van der Waals surface area contributed by atoms with Crippen LogP contribution in [0.2, 0.25) is 0 Å². The van der Waals surface area contributed by atoms with Gasteiger partial charge in [-0.15, -0.1) is 0 Å². The van der Waals surface area contributed by atoms with Crippen LogP contribution in [-0.2, 0) is 20.1 Å². The molecule has 102 valence electrons. The number of nitrogens with two attached hydrogens (primary N) is 1. The average Bonchev–Trinajstić information content (AvgIpc) is 3.02.